The van der Waals surface area contributed by atoms with E-state index in [1.807, 2.05) is 17.0 Å². The van der Waals surface area contributed by atoms with Crippen LogP contribution in [0.2, 0.25) is 0 Å². The summed E-state index contributed by atoms with van der Waals surface area (Å²) >= 11 is 0. The van der Waals surface area contributed by atoms with Crippen molar-refractivity contribution < 1.29 is 19.4 Å². The number of hydrogen-bond acceptors (Lipinski definition) is 4. The van der Waals surface area contributed by atoms with Gasteiger partial charge in [-0.1, -0.05) is 24.3 Å². The van der Waals surface area contributed by atoms with E-state index in [1.54, 1.807) is 0 Å². The Morgan fingerprint density at radius 3 is 2.67 bits per heavy atom. The molecule has 2 aliphatic heterocycles. The quantitative estimate of drug-likeness (QED) is 0.819. The van der Waals surface area contributed by atoms with Crippen molar-refractivity contribution in [1.29, 1.82) is 0 Å². The number of amides is 2. The molecule has 2 heterocycles. The van der Waals surface area contributed by atoms with E-state index in [0.717, 1.165) is 38.6 Å². The summed E-state index contributed by atoms with van der Waals surface area (Å²) in [6.07, 6.45) is 3.98. The zero-order valence-electron chi connectivity index (χ0n) is 15.6. The predicted octanol–water partition coefficient (Wildman–Crippen LogP) is 1.40. The molecule has 2 amide bonds. The number of fused-ring (bicyclic) bond motifs is 1. The van der Waals surface area contributed by atoms with Crippen LogP contribution in [-0.4, -0.2) is 53.2 Å². The lowest BCUT2D eigenvalue weighted by atomic mass is 9.95. The van der Waals surface area contributed by atoms with E-state index in [1.165, 1.54) is 11.1 Å². The van der Waals surface area contributed by atoms with Gasteiger partial charge in [-0.2, -0.15) is 0 Å². The van der Waals surface area contributed by atoms with Gasteiger partial charge >= 0.3 is 0 Å². The smallest absolute Gasteiger partial charge is 0.225 e. The average molecular weight is 372 g/mol. The molecule has 6 heteroatoms. The number of benzene rings is 1. The van der Waals surface area contributed by atoms with Crippen molar-refractivity contribution in [2.75, 3.05) is 13.2 Å². The van der Waals surface area contributed by atoms with Crippen LogP contribution >= 0.6 is 0 Å². The highest BCUT2D eigenvalue weighted by atomic mass is 16.5. The first-order valence-electron chi connectivity index (χ1n) is 10.1. The van der Waals surface area contributed by atoms with Crippen LogP contribution in [0.4, 0.5) is 0 Å². The summed E-state index contributed by atoms with van der Waals surface area (Å²) in [6, 6.07) is 8.11. The molecular formula is C21H28N2O4. The third-order valence-corrected chi connectivity index (χ3v) is 5.96. The monoisotopic (exact) mass is 372 g/mol. The minimum absolute atomic E-state index is 0.0727. The fourth-order valence-corrected chi connectivity index (χ4v) is 4.13. The molecule has 1 aromatic rings. The number of aliphatic hydroxyl groups excluding tert-OH is 1. The minimum atomic E-state index is -0.429. The van der Waals surface area contributed by atoms with Gasteiger partial charge in [-0.3, -0.25) is 9.59 Å². The summed E-state index contributed by atoms with van der Waals surface area (Å²) in [7, 11) is 0. The van der Waals surface area contributed by atoms with Crippen molar-refractivity contribution in [3.63, 3.8) is 0 Å². The molecule has 146 valence electrons. The van der Waals surface area contributed by atoms with Gasteiger partial charge in [0.1, 0.15) is 6.10 Å². The molecule has 4 rings (SSSR count). The van der Waals surface area contributed by atoms with Gasteiger partial charge in [0.15, 0.2) is 0 Å². The molecule has 0 spiro atoms. The van der Waals surface area contributed by atoms with Gasteiger partial charge in [0.25, 0.3) is 0 Å². The van der Waals surface area contributed by atoms with Crippen LogP contribution in [0, 0.1) is 5.92 Å². The molecule has 6 nitrogen and oxygen atoms in total. The highest BCUT2D eigenvalue weighted by Gasteiger charge is 2.37. The van der Waals surface area contributed by atoms with E-state index < -0.39 is 6.10 Å². The fraction of sp³-hybridized carbons (Fsp3) is 0.619. The van der Waals surface area contributed by atoms with Crippen molar-refractivity contribution in [3.05, 3.63) is 35.4 Å². The normalized spacial score (nSPS) is 27.7. The lowest BCUT2D eigenvalue weighted by molar-refractivity contribution is -0.143. The maximum atomic E-state index is 12.7. The summed E-state index contributed by atoms with van der Waals surface area (Å²) < 4.78 is 5.97. The van der Waals surface area contributed by atoms with Crippen LogP contribution in [0.15, 0.2) is 24.3 Å². The summed E-state index contributed by atoms with van der Waals surface area (Å²) in [4.78, 5) is 26.6. The molecule has 0 radical (unpaired) electrons. The Morgan fingerprint density at radius 2 is 1.93 bits per heavy atom. The Labute approximate surface area is 159 Å². The Hall–Kier alpha value is -1.92. The number of ether oxygens (including phenoxy) is 1. The number of hydrogen-bond donors (Lipinski definition) is 2. The van der Waals surface area contributed by atoms with Crippen molar-refractivity contribution in [3.8, 4) is 0 Å². The van der Waals surface area contributed by atoms with Gasteiger partial charge < -0.3 is 20.1 Å². The van der Waals surface area contributed by atoms with Crippen LogP contribution < -0.4 is 5.32 Å². The molecule has 3 atom stereocenters. The summed E-state index contributed by atoms with van der Waals surface area (Å²) in [6.45, 7) is 1.26. The Kier molecular flexibility index (Phi) is 5.45. The molecule has 3 aliphatic rings. The van der Waals surface area contributed by atoms with Gasteiger partial charge in [0.2, 0.25) is 11.8 Å². The minimum Gasteiger partial charge on any atom is -0.394 e. The second-order valence-corrected chi connectivity index (χ2v) is 7.98. The third kappa shape index (κ3) is 4.33. The van der Waals surface area contributed by atoms with Gasteiger partial charge in [-0.25, -0.2) is 0 Å². The second kappa shape index (κ2) is 7.98. The maximum Gasteiger partial charge on any atom is 0.225 e. The third-order valence-electron chi connectivity index (χ3n) is 5.96. The maximum absolute atomic E-state index is 12.7. The SMILES string of the molecule is O=C(N[C@@H]1CC[C@H](CC(=O)N2CCc3ccccc3C2)O[C@H]1CO)C1CC1. The molecule has 0 bridgehead atoms. The first kappa shape index (κ1) is 18.4. The number of carbonyl (C=O) groups is 2. The van der Waals surface area contributed by atoms with Crippen LogP contribution in [0.5, 0.6) is 0 Å². The van der Waals surface area contributed by atoms with Crippen molar-refractivity contribution >= 4 is 11.8 Å². The lowest BCUT2D eigenvalue weighted by Crippen LogP contribution is -2.52. The molecule has 1 saturated carbocycles. The Morgan fingerprint density at radius 1 is 1.15 bits per heavy atom. The van der Waals surface area contributed by atoms with E-state index in [0.29, 0.717) is 13.0 Å². The van der Waals surface area contributed by atoms with Crippen molar-refractivity contribution in [2.45, 2.75) is 63.3 Å². The van der Waals surface area contributed by atoms with Crippen LogP contribution in [0.1, 0.15) is 43.2 Å². The van der Waals surface area contributed by atoms with E-state index >= 15 is 0 Å². The lowest BCUT2D eigenvalue weighted by Gasteiger charge is -2.37. The van der Waals surface area contributed by atoms with Gasteiger partial charge in [0.05, 0.1) is 25.2 Å². The van der Waals surface area contributed by atoms with Gasteiger partial charge in [-0.05, 0) is 43.2 Å². The zero-order chi connectivity index (χ0) is 18.8. The highest BCUT2D eigenvalue weighted by Crippen LogP contribution is 2.30. The van der Waals surface area contributed by atoms with Gasteiger partial charge in [-0.15, -0.1) is 0 Å². The summed E-state index contributed by atoms with van der Waals surface area (Å²) in [5.41, 5.74) is 2.54. The fourth-order valence-electron chi connectivity index (χ4n) is 4.13. The van der Waals surface area contributed by atoms with E-state index in [9.17, 15) is 14.7 Å². The molecule has 2 fully saturated rings. The number of aliphatic hydroxyl groups is 1. The van der Waals surface area contributed by atoms with Crippen LogP contribution in [-0.2, 0) is 27.3 Å². The largest absolute Gasteiger partial charge is 0.394 e. The summed E-state index contributed by atoms with van der Waals surface area (Å²) in [5, 5.41) is 12.7. The zero-order valence-corrected chi connectivity index (χ0v) is 15.6. The predicted molar refractivity (Wildman–Crippen MR) is 99.8 cm³/mol. The molecule has 0 unspecified atom stereocenters. The van der Waals surface area contributed by atoms with Crippen LogP contribution in [0.25, 0.3) is 0 Å². The van der Waals surface area contributed by atoms with E-state index in [2.05, 4.69) is 17.4 Å². The second-order valence-electron chi connectivity index (χ2n) is 7.98. The topological polar surface area (TPSA) is 78.9 Å². The Bertz CT molecular complexity index is 703. The van der Waals surface area contributed by atoms with E-state index in [-0.39, 0.29) is 36.5 Å². The van der Waals surface area contributed by atoms with Crippen LogP contribution in [0.3, 0.4) is 0 Å². The molecule has 0 aromatic heterocycles. The molecule has 1 aromatic carbocycles. The van der Waals surface area contributed by atoms with Crippen molar-refractivity contribution in [1.82, 2.24) is 10.2 Å². The van der Waals surface area contributed by atoms with Gasteiger partial charge in [0, 0.05) is 19.0 Å². The average Bonchev–Trinajstić information content (AvgIpc) is 3.54. The number of rotatable bonds is 5. The molecular weight excluding hydrogens is 344 g/mol. The standard InChI is InChI=1S/C21H28N2O4/c24-13-19-18(22-21(26)15-5-6-15)8-7-17(27-19)11-20(25)23-10-9-14-3-1-2-4-16(14)12-23/h1-4,15,17-19,24H,5-13H2,(H,22,26)/t17-,18-,19+/m1/s1. The molecule has 2 N–H and O–H groups in total. The first-order chi connectivity index (χ1) is 13.1. The Balaban J connectivity index is 1.29. The highest BCUT2D eigenvalue weighted by molar-refractivity contribution is 5.81. The first-order valence-corrected chi connectivity index (χ1v) is 10.1. The molecule has 27 heavy (non-hydrogen) atoms. The number of nitrogens with zero attached hydrogens (tertiary/aromatic N) is 1. The number of nitrogens with one attached hydrogen (secondary N) is 1. The van der Waals surface area contributed by atoms with E-state index in [4.69, 9.17) is 4.74 Å². The summed E-state index contributed by atoms with van der Waals surface area (Å²) in [5.74, 6) is 0.320. The van der Waals surface area contributed by atoms with Crippen molar-refractivity contribution in [2.24, 2.45) is 5.92 Å². The number of carbonyl (C=O) groups excluding carboxylic acids is 2. The molecule has 1 aliphatic carbocycles. The molecule has 1 saturated heterocycles.